The topological polar surface area (TPSA) is 101 Å². The van der Waals surface area contributed by atoms with Crippen molar-refractivity contribution in [1.29, 1.82) is 0 Å². The van der Waals surface area contributed by atoms with Gasteiger partial charge in [0.05, 0.1) is 9.82 Å². The Bertz CT molecular complexity index is 627. The minimum atomic E-state index is -3.73. The van der Waals surface area contributed by atoms with Crippen molar-refractivity contribution >= 4 is 33.2 Å². The van der Waals surface area contributed by atoms with E-state index < -0.39 is 14.9 Å². The van der Waals surface area contributed by atoms with Gasteiger partial charge in [-0.25, -0.2) is 13.1 Å². The third-order valence-electron chi connectivity index (χ3n) is 3.09. The summed E-state index contributed by atoms with van der Waals surface area (Å²) in [5.41, 5.74) is 0.0818. The van der Waals surface area contributed by atoms with E-state index in [0.29, 0.717) is 12.2 Å². The SMILES string of the molecule is CCNc1ccc(S(=O)(=O)NC2CCSC2)cc1[N+](=O)[O-]. The molecule has 0 amide bonds. The third kappa shape index (κ3) is 3.86. The molecule has 1 aromatic rings. The summed E-state index contributed by atoms with van der Waals surface area (Å²) < 4.78 is 27.1. The fourth-order valence-corrected chi connectivity index (χ4v) is 4.63. The molecule has 0 aliphatic carbocycles. The van der Waals surface area contributed by atoms with E-state index in [9.17, 15) is 18.5 Å². The lowest BCUT2D eigenvalue weighted by Gasteiger charge is -2.12. The molecule has 2 N–H and O–H groups in total. The zero-order valence-electron chi connectivity index (χ0n) is 11.5. The van der Waals surface area contributed by atoms with Gasteiger partial charge in [0.15, 0.2) is 0 Å². The van der Waals surface area contributed by atoms with Gasteiger partial charge in [0.2, 0.25) is 10.0 Å². The Morgan fingerprint density at radius 1 is 1.48 bits per heavy atom. The van der Waals surface area contributed by atoms with Crippen LogP contribution in [0, 0.1) is 10.1 Å². The summed E-state index contributed by atoms with van der Waals surface area (Å²) in [4.78, 5) is 10.4. The molecule has 1 aliphatic rings. The predicted molar refractivity (Wildman–Crippen MR) is 83.3 cm³/mol. The highest BCUT2D eigenvalue weighted by atomic mass is 32.2. The van der Waals surface area contributed by atoms with Gasteiger partial charge in [-0.1, -0.05) is 0 Å². The summed E-state index contributed by atoms with van der Waals surface area (Å²) in [7, 11) is -3.73. The molecular formula is C12H17N3O4S2. The number of nitro benzene ring substituents is 1. The number of hydrogen-bond acceptors (Lipinski definition) is 6. The molecule has 1 aromatic carbocycles. The predicted octanol–water partition coefficient (Wildman–Crippen LogP) is 1.81. The van der Waals surface area contributed by atoms with Crippen molar-refractivity contribution in [1.82, 2.24) is 4.72 Å². The summed E-state index contributed by atoms with van der Waals surface area (Å²) in [5, 5.41) is 13.9. The van der Waals surface area contributed by atoms with Crippen molar-refractivity contribution in [2.45, 2.75) is 24.3 Å². The van der Waals surface area contributed by atoms with Gasteiger partial charge in [-0.3, -0.25) is 10.1 Å². The molecule has 0 saturated carbocycles. The third-order valence-corrected chi connectivity index (χ3v) is 5.78. The van der Waals surface area contributed by atoms with E-state index in [2.05, 4.69) is 10.0 Å². The van der Waals surface area contributed by atoms with Crippen LogP contribution in [0.15, 0.2) is 23.1 Å². The maximum Gasteiger partial charge on any atom is 0.293 e. The number of nitrogens with one attached hydrogen (secondary N) is 2. The molecule has 1 aliphatic heterocycles. The lowest BCUT2D eigenvalue weighted by molar-refractivity contribution is -0.384. The van der Waals surface area contributed by atoms with Crippen molar-refractivity contribution in [2.75, 3.05) is 23.4 Å². The number of rotatable bonds is 6. The molecule has 1 atom stereocenters. The minimum absolute atomic E-state index is 0.0762. The van der Waals surface area contributed by atoms with Crippen molar-refractivity contribution < 1.29 is 13.3 Å². The molecule has 0 radical (unpaired) electrons. The molecule has 116 valence electrons. The molecule has 1 unspecified atom stereocenters. The van der Waals surface area contributed by atoms with Crippen LogP contribution in [0.1, 0.15) is 13.3 Å². The Morgan fingerprint density at radius 3 is 2.81 bits per heavy atom. The molecule has 21 heavy (non-hydrogen) atoms. The first-order valence-corrected chi connectivity index (χ1v) is 9.20. The first-order valence-electron chi connectivity index (χ1n) is 6.56. The average molecular weight is 331 g/mol. The second-order valence-corrected chi connectivity index (χ2v) is 7.51. The normalized spacial score (nSPS) is 18.6. The second kappa shape index (κ2) is 6.63. The van der Waals surface area contributed by atoms with Crippen LogP contribution < -0.4 is 10.0 Å². The smallest absolute Gasteiger partial charge is 0.293 e. The number of anilines is 1. The van der Waals surface area contributed by atoms with Crippen molar-refractivity contribution in [3.63, 3.8) is 0 Å². The zero-order chi connectivity index (χ0) is 15.5. The first-order chi connectivity index (χ1) is 9.94. The Labute approximate surface area is 127 Å². The number of nitrogens with zero attached hydrogens (tertiary/aromatic N) is 1. The molecule has 2 rings (SSSR count). The van der Waals surface area contributed by atoms with Gasteiger partial charge < -0.3 is 5.32 Å². The summed E-state index contributed by atoms with van der Waals surface area (Å²) in [5.74, 6) is 1.66. The van der Waals surface area contributed by atoms with E-state index in [1.54, 1.807) is 11.8 Å². The van der Waals surface area contributed by atoms with Crippen LogP contribution in [-0.4, -0.2) is 37.4 Å². The van der Waals surface area contributed by atoms with Gasteiger partial charge in [-0.2, -0.15) is 11.8 Å². The summed E-state index contributed by atoms with van der Waals surface area (Å²) in [6, 6.07) is 3.81. The van der Waals surface area contributed by atoms with Crippen molar-refractivity contribution in [2.24, 2.45) is 0 Å². The van der Waals surface area contributed by atoms with E-state index >= 15 is 0 Å². The largest absolute Gasteiger partial charge is 0.380 e. The van der Waals surface area contributed by atoms with Crippen LogP contribution >= 0.6 is 11.8 Å². The number of hydrogen-bond donors (Lipinski definition) is 2. The zero-order valence-corrected chi connectivity index (χ0v) is 13.2. The van der Waals surface area contributed by atoms with E-state index in [-0.39, 0.29) is 16.6 Å². The fourth-order valence-electron chi connectivity index (χ4n) is 2.08. The highest BCUT2D eigenvalue weighted by Crippen LogP contribution is 2.28. The van der Waals surface area contributed by atoms with E-state index in [4.69, 9.17) is 0 Å². The molecule has 7 nitrogen and oxygen atoms in total. The molecule has 1 saturated heterocycles. The van der Waals surface area contributed by atoms with Crippen LogP contribution in [0.25, 0.3) is 0 Å². The Morgan fingerprint density at radius 2 is 2.24 bits per heavy atom. The Balaban J connectivity index is 2.30. The lowest BCUT2D eigenvalue weighted by Crippen LogP contribution is -2.34. The average Bonchev–Trinajstić information content (AvgIpc) is 2.91. The van der Waals surface area contributed by atoms with Gasteiger partial charge in [0.1, 0.15) is 5.69 Å². The van der Waals surface area contributed by atoms with Crippen LogP contribution in [0.4, 0.5) is 11.4 Å². The van der Waals surface area contributed by atoms with Gasteiger partial charge in [0.25, 0.3) is 5.69 Å². The van der Waals surface area contributed by atoms with Crippen LogP contribution in [0.5, 0.6) is 0 Å². The molecule has 0 bridgehead atoms. The van der Waals surface area contributed by atoms with Gasteiger partial charge in [-0.05, 0) is 31.2 Å². The molecule has 1 heterocycles. The lowest BCUT2D eigenvalue weighted by atomic mass is 10.2. The number of thioether (sulfide) groups is 1. The summed E-state index contributed by atoms with van der Waals surface area (Å²) >= 11 is 1.69. The minimum Gasteiger partial charge on any atom is -0.380 e. The van der Waals surface area contributed by atoms with E-state index in [0.717, 1.165) is 24.0 Å². The monoisotopic (exact) mass is 331 g/mol. The summed E-state index contributed by atoms with van der Waals surface area (Å²) in [6.45, 7) is 2.33. The standard InChI is InChI=1S/C12H17N3O4S2/c1-2-13-11-4-3-10(7-12(11)15(16)17)21(18,19)14-9-5-6-20-8-9/h3-4,7,9,13-14H,2,5-6,8H2,1H3. The second-order valence-electron chi connectivity index (χ2n) is 4.65. The molecule has 1 fully saturated rings. The molecule has 0 aromatic heterocycles. The maximum atomic E-state index is 12.3. The van der Waals surface area contributed by atoms with Crippen molar-refractivity contribution in [3.8, 4) is 0 Å². The van der Waals surface area contributed by atoms with Gasteiger partial charge in [-0.15, -0.1) is 0 Å². The van der Waals surface area contributed by atoms with Gasteiger partial charge >= 0.3 is 0 Å². The molecular weight excluding hydrogens is 314 g/mol. The first kappa shape index (κ1) is 16.1. The van der Waals surface area contributed by atoms with Crippen LogP contribution in [0.2, 0.25) is 0 Å². The number of sulfonamides is 1. The number of benzene rings is 1. The van der Waals surface area contributed by atoms with Crippen LogP contribution in [-0.2, 0) is 10.0 Å². The number of nitro groups is 1. The maximum absolute atomic E-state index is 12.3. The highest BCUT2D eigenvalue weighted by molar-refractivity contribution is 7.99. The van der Waals surface area contributed by atoms with E-state index in [1.807, 2.05) is 6.92 Å². The van der Waals surface area contributed by atoms with Crippen molar-refractivity contribution in [3.05, 3.63) is 28.3 Å². The quantitative estimate of drug-likeness (QED) is 0.609. The Kier molecular flexibility index (Phi) is 5.07. The fraction of sp³-hybridized carbons (Fsp3) is 0.500. The summed E-state index contributed by atoms with van der Waals surface area (Å²) in [6.07, 6.45) is 0.779. The van der Waals surface area contributed by atoms with Crippen LogP contribution in [0.3, 0.4) is 0 Å². The molecule has 0 spiro atoms. The molecule has 9 heteroatoms. The Hall–Kier alpha value is -1.32. The highest BCUT2D eigenvalue weighted by Gasteiger charge is 2.25. The van der Waals surface area contributed by atoms with E-state index in [1.165, 1.54) is 12.1 Å². The van der Waals surface area contributed by atoms with Gasteiger partial charge in [0, 0.05) is 24.4 Å².